The van der Waals surface area contributed by atoms with Crippen LogP contribution in [0.5, 0.6) is 5.75 Å². The zero-order valence-electron chi connectivity index (χ0n) is 12.8. The van der Waals surface area contributed by atoms with Crippen LogP contribution in [0, 0.1) is 0 Å². The summed E-state index contributed by atoms with van der Waals surface area (Å²) >= 11 is 0. The first-order valence-electron chi connectivity index (χ1n) is 7.12. The first-order chi connectivity index (χ1) is 10.6. The van der Waals surface area contributed by atoms with Crippen LogP contribution in [0.2, 0.25) is 0 Å². The molecule has 22 heavy (non-hydrogen) atoms. The number of carbonyl (C=O) groups excluding carboxylic acids is 1. The lowest BCUT2D eigenvalue weighted by molar-refractivity contribution is 0.251. The Hall–Kier alpha value is -2.53. The Morgan fingerprint density at radius 3 is 2.32 bits per heavy atom. The zero-order chi connectivity index (χ0) is 15.9. The van der Waals surface area contributed by atoms with Crippen molar-refractivity contribution >= 4 is 11.7 Å². The molecule has 0 aliphatic rings. The van der Waals surface area contributed by atoms with Gasteiger partial charge in [0, 0.05) is 18.3 Å². The van der Waals surface area contributed by atoms with Crippen LogP contribution in [0.15, 0.2) is 48.5 Å². The summed E-state index contributed by atoms with van der Waals surface area (Å²) in [7, 11) is 1.62. The highest BCUT2D eigenvalue weighted by Gasteiger charge is 2.03. The summed E-state index contributed by atoms with van der Waals surface area (Å²) in [5.74, 6) is 0.794. The van der Waals surface area contributed by atoms with E-state index in [0.29, 0.717) is 6.54 Å². The molecule has 0 heterocycles. The molecule has 0 unspecified atom stereocenters. The molecule has 0 spiro atoms. The number of carbonyl (C=O) groups is 1. The second-order valence-corrected chi connectivity index (χ2v) is 5.07. The monoisotopic (exact) mass is 299 g/mol. The number of hydrogen-bond acceptors (Lipinski definition) is 3. The van der Waals surface area contributed by atoms with Crippen molar-refractivity contribution in [1.82, 2.24) is 5.32 Å². The van der Waals surface area contributed by atoms with Crippen molar-refractivity contribution in [3.63, 3.8) is 0 Å². The normalized spacial score (nSPS) is 11.6. The van der Waals surface area contributed by atoms with Crippen molar-refractivity contribution < 1.29 is 9.53 Å². The molecule has 0 saturated carbocycles. The van der Waals surface area contributed by atoms with Crippen LogP contribution in [0.3, 0.4) is 0 Å². The minimum absolute atomic E-state index is 0.0158. The summed E-state index contributed by atoms with van der Waals surface area (Å²) in [6, 6.07) is 14.8. The molecule has 0 aliphatic heterocycles. The summed E-state index contributed by atoms with van der Waals surface area (Å²) in [5.41, 5.74) is 8.56. The molecule has 0 bridgehead atoms. The lowest BCUT2D eigenvalue weighted by Gasteiger charge is -2.10. The molecule has 0 fully saturated rings. The van der Waals surface area contributed by atoms with E-state index in [2.05, 4.69) is 10.6 Å². The van der Waals surface area contributed by atoms with Gasteiger partial charge < -0.3 is 21.1 Å². The lowest BCUT2D eigenvalue weighted by Crippen LogP contribution is -2.28. The van der Waals surface area contributed by atoms with Crippen LogP contribution in [0.1, 0.15) is 24.1 Å². The summed E-state index contributed by atoms with van der Waals surface area (Å²) in [5, 5.41) is 5.59. The van der Waals surface area contributed by atoms with Gasteiger partial charge in [-0.1, -0.05) is 24.3 Å². The highest BCUT2D eigenvalue weighted by atomic mass is 16.5. The molecule has 5 nitrogen and oxygen atoms in total. The fourth-order valence-corrected chi connectivity index (χ4v) is 1.97. The number of hydrogen-bond donors (Lipinski definition) is 3. The van der Waals surface area contributed by atoms with E-state index in [-0.39, 0.29) is 12.1 Å². The molecule has 0 aliphatic carbocycles. The topological polar surface area (TPSA) is 76.4 Å². The van der Waals surface area contributed by atoms with E-state index in [1.807, 2.05) is 55.5 Å². The van der Waals surface area contributed by atoms with Gasteiger partial charge in [0.25, 0.3) is 0 Å². The number of nitrogens with one attached hydrogen (secondary N) is 2. The quantitative estimate of drug-likeness (QED) is 0.794. The Kier molecular flexibility index (Phi) is 5.38. The number of amides is 2. The SMILES string of the molecule is COc1ccc(CNC(=O)Nc2ccc([C@H](C)N)cc2)cc1. The van der Waals surface area contributed by atoms with Crippen molar-refractivity contribution in [2.75, 3.05) is 12.4 Å². The lowest BCUT2D eigenvalue weighted by atomic mass is 10.1. The predicted molar refractivity (Wildman–Crippen MR) is 87.9 cm³/mol. The maximum Gasteiger partial charge on any atom is 0.319 e. The first kappa shape index (κ1) is 15.9. The number of ether oxygens (including phenoxy) is 1. The van der Waals surface area contributed by atoms with E-state index in [1.165, 1.54) is 0 Å². The van der Waals surface area contributed by atoms with Crippen LogP contribution < -0.4 is 21.1 Å². The van der Waals surface area contributed by atoms with Gasteiger partial charge in [-0.05, 0) is 42.3 Å². The molecule has 116 valence electrons. The van der Waals surface area contributed by atoms with Gasteiger partial charge in [-0.25, -0.2) is 4.79 Å². The summed E-state index contributed by atoms with van der Waals surface area (Å²) < 4.78 is 5.09. The summed E-state index contributed by atoms with van der Waals surface area (Å²) in [6.45, 7) is 2.37. The van der Waals surface area contributed by atoms with Gasteiger partial charge in [-0.2, -0.15) is 0 Å². The van der Waals surface area contributed by atoms with Crippen molar-refractivity contribution in [2.45, 2.75) is 19.5 Å². The Labute approximate surface area is 130 Å². The number of anilines is 1. The van der Waals surface area contributed by atoms with Crippen molar-refractivity contribution in [3.05, 3.63) is 59.7 Å². The van der Waals surface area contributed by atoms with Gasteiger partial charge in [0.05, 0.1) is 7.11 Å². The Balaban J connectivity index is 1.84. The third-order valence-electron chi connectivity index (χ3n) is 3.31. The third-order valence-corrected chi connectivity index (χ3v) is 3.31. The van der Waals surface area contributed by atoms with Gasteiger partial charge in [0.2, 0.25) is 0 Å². The molecule has 2 aromatic carbocycles. The highest BCUT2D eigenvalue weighted by Crippen LogP contribution is 2.14. The Morgan fingerprint density at radius 1 is 1.14 bits per heavy atom. The fourth-order valence-electron chi connectivity index (χ4n) is 1.97. The van der Waals surface area contributed by atoms with Crippen LogP contribution in [0.25, 0.3) is 0 Å². The van der Waals surface area contributed by atoms with Gasteiger partial charge in [0.1, 0.15) is 5.75 Å². The first-order valence-corrected chi connectivity index (χ1v) is 7.12. The largest absolute Gasteiger partial charge is 0.497 e. The van der Waals surface area contributed by atoms with Crippen molar-refractivity contribution in [3.8, 4) is 5.75 Å². The van der Waals surface area contributed by atoms with E-state index in [9.17, 15) is 4.79 Å². The molecule has 0 radical (unpaired) electrons. The molecule has 2 aromatic rings. The van der Waals surface area contributed by atoms with Gasteiger partial charge >= 0.3 is 6.03 Å². The van der Waals surface area contributed by atoms with Crippen LogP contribution in [0.4, 0.5) is 10.5 Å². The molecule has 1 atom stereocenters. The van der Waals surface area contributed by atoms with E-state index in [1.54, 1.807) is 7.11 Å². The third kappa shape index (κ3) is 4.49. The number of methoxy groups -OCH3 is 1. The number of rotatable bonds is 5. The van der Waals surface area contributed by atoms with E-state index in [4.69, 9.17) is 10.5 Å². The number of urea groups is 1. The van der Waals surface area contributed by atoms with Gasteiger partial charge in [-0.15, -0.1) is 0 Å². The molecule has 0 aromatic heterocycles. The van der Waals surface area contributed by atoms with Crippen molar-refractivity contribution in [2.24, 2.45) is 5.73 Å². The van der Waals surface area contributed by atoms with Gasteiger partial charge in [0.15, 0.2) is 0 Å². The minimum atomic E-state index is -0.246. The second kappa shape index (κ2) is 7.47. The number of benzene rings is 2. The van der Waals surface area contributed by atoms with Crippen LogP contribution in [-0.2, 0) is 6.54 Å². The molecule has 4 N–H and O–H groups in total. The predicted octanol–water partition coefficient (Wildman–Crippen LogP) is 3.04. The molecule has 5 heteroatoms. The molecular weight excluding hydrogens is 278 g/mol. The average Bonchev–Trinajstić information content (AvgIpc) is 2.54. The number of nitrogens with two attached hydrogens (primary N) is 1. The highest BCUT2D eigenvalue weighted by molar-refractivity contribution is 5.89. The molecule has 2 rings (SSSR count). The van der Waals surface area contributed by atoms with Crippen LogP contribution in [-0.4, -0.2) is 13.1 Å². The Bertz CT molecular complexity index is 607. The molecule has 0 saturated heterocycles. The minimum Gasteiger partial charge on any atom is -0.497 e. The second-order valence-electron chi connectivity index (χ2n) is 5.07. The summed E-state index contributed by atoms with van der Waals surface area (Å²) in [6.07, 6.45) is 0. The average molecular weight is 299 g/mol. The smallest absolute Gasteiger partial charge is 0.319 e. The van der Waals surface area contributed by atoms with E-state index in [0.717, 1.165) is 22.6 Å². The standard InChI is InChI=1S/C17H21N3O2/c1-12(18)14-5-7-15(8-6-14)20-17(21)19-11-13-3-9-16(22-2)10-4-13/h3-10,12H,11,18H2,1-2H3,(H2,19,20,21)/t12-/m0/s1. The maximum absolute atomic E-state index is 11.9. The zero-order valence-corrected chi connectivity index (χ0v) is 12.8. The molecule has 2 amide bonds. The van der Waals surface area contributed by atoms with E-state index >= 15 is 0 Å². The molecular formula is C17H21N3O2. The fraction of sp³-hybridized carbons (Fsp3) is 0.235. The van der Waals surface area contributed by atoms with Crippen molar-refractivity contribution in [1.29, 1.82) is 0 Å². The van der Waals surface area contributed by atoms with E-state index < -0.39 is 0 Å². The Morgan fingerprint density at radius 2 is 1.77 bits per heavy atom. The summed E-state index contributed by atoms with van der Waals surface area (Å²) in [4.78, 5) is 11.9. The van der Waals surface area contributed by atoms with Gasteiger partial charge in [-0.3, -0.25) is 0 Å². The van der Waals surface area contributed by atoms with Crippen LogP contribution >= 0.6 is 0 Å². The maximum atomic E-state index is 11.9.